The maximum absolute atomic E-state index is 8.77. The van der Waals surface area contributed by atoms with Crippen LogP contribution in [-0.2, 0) is 0 Å². The van der Waals surface area contributed by atoms with Crippen LogP contribution in [0.25, 0.3) is 0 Å². The van der Waals surface area contributed by atoms with Gasteiger partial charge in [-0.15, -0.1) is 0 Å². The number of likely N-dealkylation sites (tertiary alicyclic amines) is 1. The van der Waals surface area contributed by atoms with Gasteiger partial charge in [0.15, 0.2) is 0 Å². The topological polar surface area (TPSA) is 78.3 Å². The lowest BCUT2D eigenvalue weighted by atomic mass is 10.3. The molecule has 98 valence electrons. The number of aliphatic imine (C=N–C) groups is 1. The van der Waals surface area contributed by atoms with Gasteiger partial charge in [0.25, 0.3) is 0 Å². The molecule has 2 N–H and O–H groups in total. The Morgan fingerprint density at radius 2 is 2.32 bits per heavy atom. The third-order valence-electron chi connectivity index (χ3n) is 3.06. The Labute approximate surface area is 113 Å². The zero-order chi connectivity index (χ0) is 13.5. The summed E-state index contributed by atoms with van der Waals surface area (Å²) in [6, 6.07) is 5.41. The molecule has 0 aromatic carbocycles. The van der Waals surface area contributed by atoms with Crippen LogP contribution in [0.2, 0.25) is 0 Å². The number of hydrogen-bond acceptors (Lipinski definition) is 5. The molecule has 1 aromatic rings. The molecule has 1 aliphatic rings. The molecule has 2 rings (SSSR count). The van der Waals surface area contributed by atoms with E-state index in [0.717, 1.165) is 25.2 Å². The Morgan fingerprint density at radius 1 is 1.53 bits per heavy atom. The van der Waals surface area contributed by atoms with E-state index in [2.05, 4.69) is 14.9 Å². The van der Waals surface area contributed by atoms with Crippen LogP contribution in [0, 0.1) is 11.3 Å². The molecule has 1 aromatic heterocycles. The molecular formula is C14H17N5. The lowest BCUT2D eigenvalue weighted by molar-refractivity contribution is 0.373. The van der Waals surface area contributed by atoms with Crippen molar-refractivity contribution in [3.05, 3.63) is 35.8 Å². The molecule has 5 heteroatoms. The van der Waals surface area contributed by atoms with E-state index in [-0.39, 0.29) is 0 Å². The van der Waals surface area contributed by atoms with E-state index in [1.165, 1.54) is 12.8 Å². The Kier molecular flexibility index (Phi) is 4.65. The standard InChI is InChI=1S/C14H17N5/c15-8-12(11-19-5-1-2-6-19)10-18-13-3-4-17-14(7-13)9-16/h3-4,7-8,10H,1-2,5-6,11,15H2/b12-8+,18-10?. The fourth-order valence-electron chi connectivity index (χ4n) is 2.05. The average molecular weight is 255 g/mol. The number of hydrogen-bond donors (Lipinski definition) is 1. The molecule has 19 heavy (non-hydrogen) atoms. The van der Waals surface area contributed by atoms with Crippen molar-refractivity contribution >= 4 is 11.9 Å². The quantitative estimate of drug-likeness (QED) is 0.829. The highest BCUT2D eigenvalue weighted by atomic mass is 15.1. The maximum Gasteiger partial charge on any atom is 0.142 e. The van der Waals surface area contributed by atoms with Crippen molar-refractivity contribution in [2.45, 2.75) is 12.8 Å². The molecule has 0 bridgehead atoms. The minimum atomic E-state index is 0.368. The first-order valence-electron chi connectivity index (χ1n) is 6.35. The van der Waals surface area contributed by atoms with Crippen LogP contribution in [-0.4, -0.2) is 35.7 Å². The van der Waals surface area contributed by atoms with Crippen LogP contribution >= 0.6 is 0 Å². The summed E-state index contributed by atoms with van der Waals surface area (Å²) in [4.78, 5) is 10.6. The van der Waals surface area contributed by atoms with E-state index >= 15 is 0 Å². The predicted molar refractivity (Wildman–Crippen MR) is 75.0 cm³/mol. The van der Waals surface area contributed by atoms with Gasteiger partial charge in [-0.1, -0.05) is 0 Å². The highest BCUT2D eigenvalue weighted by molar-refractivity contribution is 5.81. The third-order valence-corrected chi connectivity index (χ3v) is 3.06. The van der Waals surface area contributed by atoms with Crippen molar-refractivity contribution < 1.29 is 0 Å². The number of nitrogens with zero attached hydrogens (tertiary/aromatic N) is 4. The lowest BCUT2D eigenvalue weighted by Crippen LogP contribution is -2.22. The summed E-state index contributed by atoms with van der Waals surface area (Å²) < 4.78 is 0. The Hall–Kier alpha value is -2.19. The molecule has 0 aliphatic carbocycles. The first-order chi connectivity index (χ1) is 9.31. The molecule has 1 fully saturated rings. The van der Waals surface area contributed by atoms with Crippen LogP contribution in [0.15, 0.2) is 35.1 Å². The molecule has 0 spiro atoms. The molecule has 1 saturated heterocycles. The number of nitrogens with two attached hydrogens (primary N) is 1. The Morgan fingerprint density at radius 3 is 3.00 bits per heavy atom. The third kappa shape index (κ3) is 3.90. The van der Waals surface area contributed by atoms with E-state index in [1.807, 2.05) is 6.07 Å². The van der Waals surface area contributed by atoms with Gasteiger partial charge in [0, 0.05) is 25.0 Å². The maximum atomic E-state index is 8.77. The molecule has 0 unspecified atom stereocenters. The van der Waals surface area contributed by atoms with Gasteiger partial charge in [0.05, 0.1) is 5.69 Å². The number of aromatic nitrogens is 1. The monoisotopic (exact) mass is 255 g/mol. The van der Waals surface area contributed by atoms with Crippen LogP contribution in [0.4, 0.5) is 5.69 Å². The minimum Gasteiger partial charge on any atom is -0.404 e. The summed E-state index contributed by atoms with van der Waals surface area (Å²) in [7, 11) is 0. The molecule has 0 atom stereocenters. The van der Waals surface area contributed by atoms with Crippen LogP contribution in [0.3, 0.4) is 0 Å². The van der Waals surface area contributed by atoms with E-state index in [9.17, 15) is 0 Å². The number of nitriles is 1. The van der Waals surface area contributed by atoms with Crippen molar-refractivity contribution in [2.75, 3.05) is 19.6 Å². The predicted octanol–water partition coefficient (Wildman–Crippen LogP) is 1.59. The van der Waals surface area contributed by atoms with Crippen molar-refractivity contribution in [3.8, 4) is 6.07 Å². The summed E-state index contributed by atoms with van der Waals surface area (Å²) in [6.07, 6.45) is 7.44. The molecule has 5 nitrogen and oxygen atoms in total. The van der Waals surface area contributed by atoms with Gasteiger partial charge in [-0.05, 0) is 43.8 Å². The zero-order valence-electron chi connectivity index (χ0n) is 10.8. The van der Waals surface area contributed by atoms with Gasteiger partial charge >= 0.3 is 0 Å². The first-order valence-corrected chi connectivity index (χ1v) is 6.35. The largest absolute Gasteiger partial charge is 0.404 e. The normalized spacial score (nSPS) is 16.9. The lowest BCUT2D eigenvalue weighted by Gasteiger charge is -2.14. The summed E-state index contributed by atoms with van der Waals surface area (Å²) >= 11 is 0. The van der Waals surface area contributed by atoms with Crippen LogP contribution in [0.1, 0.15) is 18.5 Å². The smallest absolute Gasteiger partial charge is 0.142 e. The average Bonchev–Trinajstić information content (AvgIpc) is 2.96. The summed E-state index contributed by atoms with van der Waals surface area (Å²) in [5.41, 5.74) is 7.69. The first kappa shape index (κ1) is 13.2. The molecule has 1 aliphatic heterocycles. The van der Waals surface area contributed by atoms with Gasteiger partial charge in [0.1, 0.15) is 11.8 Å². The van der Waals surface area contributed by atoms with Gasteiger partial charge in [-0.2, -0.15) is 5.26 Å². The molecular weight excluding hydrogens is 238 g/mol. The molecule has 0 saturated carbocycles. The number of rotatable bonds is 4. The molecule has 2 heterocycles. The van der Waals surface area contributed by atoms with E-state index in [0.29, 0.717) is 11.4 Å². The highest BCUT2D eigenvalue weighted by Gasteiger charge is 2.11. The van der Waals surface area contributed by atoms with E-state index in [4.69, 9.17) is 11.0 Å². The van der Waals surface area contributed by atoms with E-state index < -0.39 is 0 Å². The minimum absolute atomic E-state index is 0.368. The van der Waals surface area contributed by atoms with Crippen molar-refractivity contribution in [1.29, 1.82) is 5.26 Å². The summed E-state index contributed by atoms with van der Waals surface area (Å²) in [6.45, 7) is 3.08. The second-order valence-electron chi connectivity index (χ2n) is 4.49. The van der Waals surface area contributed by atoms with Crippen LogP contribution < -0.4 is 5.73 Å². The van der Waals surface area contributed by atoms with Crippen molar-refractivity contribution in [2.24, 2.45) is 10.7 Å². The summed E-state index contributed by atoms with van der Waals surface area (Å²) in [5, 5.41) is 8.77. The SMILES string of the molecule is N#Cc1cc(N=C/C(=C\N)CN2CCCC2)ccn1. The zero-order valence-corrected chi connectivity index (χ0v) is 10.8. The molecule has 0 amide bonds. The second-order valence-corrected chi connectivity index (χ2v) is 4.49. The van der Waals surface area contributed by atoms with Gasteiger partial charge in [-0.25, -0.2) is 4.98 Å². The number of pyridine rings is 1. The Balaban J connectivity index is 2.00. The fourth-order valence-corrected chi connectivity index (χ4v) is 2.05. The fraction of sp³-hybridized carbons (Fsp3) is 0.357. The van der Waals surface area contributed by atoms with Crippen molar-refractivity contribution in [1.82, 2.24) is 9.88 Å². The van der Waals surface area contributed by atoms with Gasteiger partial charge in [0.2, 0.25) is 0 Å². The summed E-state index contributed by atoms with van der Waals surface area (Å²) in [5.74, 6) is 0. The molecule has 0 radical (unpaired) electrons. The van der Waals surface area contributed by atoms with Gasteiger partial charge < -0.3 is 5.73 Å². The Bertz CT molecular complexity index is 521. The van der Waals surface area contributed by atoms with Gasteiger partial charge in [-0.3, -0.25) is 9.89 Å². The second kappa shape index (κ2) is 6.66. The highest BCUT2D eigenvalue weighted by Crippen LogP contribution is 2.13. The van der Waals surface area contributed by atoms with E-state index in [1.54, 1.807) is 30.7 Å². The van der Waals surface area contributed by atoms with Crippen LogP contribution in [0.5, 0.6) is 0 Å². The van der Waals surface area contributed by atoms with Crippen molar-refractivity contribution in [3.63, 3.8) is 0 Å².